The predicted octanol–water partition coefficient (Wildman–Crippen LogP) is 3.31. The van der Waals surface area contributed by atoms with E-state index in [0.29, 0.717) is 12.0 Å². The highest BCUT2D eigenvalue weighted by molar-refractivity contribution is 14.1. The Morgan fingerprint density at radius 3 is 2.32 bits per heavy atom. The first-order valence-corrected chi connectivity index (χ1v) is 8.90. The largest absolute Gasteiger partial charge is 0.319 e. The van der Waals surface area contributed by atoms with E-state index in [4.69, 9.17) is 0 Å². The van der Waals surface area contributed by atoms with Crippen molar-refractivity contribution in [1.82, 2.24) is 5.32 Å². The minimum atomic E-state index is -1.17. The summed E-state index contributed by atoms with van der Waals surface area (Å²) in [6.07, 6.45) is 1.56. The van der Waals surface area contributed by atoms with Crippen molar-refractivity contribution in [3.8, 4) is 0 Å². The SMILES string of the molecule is C[C@]1(Cc2ccccc2)C(=O)C=C(NC(=O)c2ccc(I)cc2)C1=O. The lowest BCUT2D eigenvalue weighted by Gasteiger charge is -2.21. The van der Waals surface area contributed by atoms with Crippen LogP contribution in [0.5, 0.6) is 0 Å². The van der Waals surface area contributed by atoms with Crippen molar-refractivity contribution in [2.45, 2.75) is 13.3 Å². The number of hydrogen-bond donors (Lipinski definition) is 1. The van der Waals surface area contributed by atoms with Gasteiger partial charge in [-0.25, -0.2) is 0 Å². The molecule has 0 bridgehead atoms. The van der Waals surface area contributed by atoms with Crippen LogP contribution in [0.3, 0.4) is 0 Å². The molecule has 1 N–H and O–H groups in total. The summed E-state index contributed by atoms with van der Waals surface area (Å²) < 4.78 is 1.01. The number of carbonyl (C=O) groups excluding carboxylic acids is 3. The summed E-state index contributed by atoms with van der Waals surface area (Å²) in [7, 11) is 0. The van der Waals surface area contributed by atoms with Crippen molar-refractivity contribution in [2.75, 3.05) is 0 Å². The molecule has 0 saturated carbocycles. The molecule has 1 aliphatic carbocycles. The van der Waals surface area contributed by atoms with Gasteiger partial charge in [-0.1, -0.05) is 30.3 Å². The monoisotopic (exact) mass is 445 g/mol. The number of benzene rings is 2. The summed E-state index contributed by atoms with van der Waals surface area (Å²) >= 11 is 2.15. The quantitative estimate of drug-likeness (QED) is 0.581. The molecule has 1 atom stereocenters. The van der Waals surface area contributed by atoms with Crippen molar-refractivity contribution in [3.05, 3.63) is 81.1 Å². The van der Waals surface area contributed by atoms with Gasteiger partial charge in [-0.15, -0.1) is 0 Å². The van der Waals surface area contributed by atoms with Crippen LogP contribution in [0, 0.1) is 8.99 Å². The first-order chi connectivity index (χ1) is 11.9. The highest BCUT2D eigenvalue weighted by Gasteiger charge is 2.46. The Kier molecular flexibility index (Phi) is 4.85. The highest BCUT2D eigenvalue weighted by Crippen LogP contribution is 2.33. The fourth-order valence-electron chi connectivity index (χ4n) is 2.83. The van der Waals surface area contributed by atoms with E-state index in [1.54, 1.807) is 19.1 Å². The Hall–Kier alpha value is -2.28. The predicted molar refractivity (Wildman–Crippen MR) is 103 cm³/mol. The van der Waals surface area contributed by atoms with E-state index in [1.165, 1.54) is 6.08 Å². The van der Waals surface area contributed by atoms with E-state index in [-0.39, 0.29) is 17.3 Å². The fourth-order valence-corrected chi connectivity index (χ4v) is 3.18. The van der Waals surface area contributed by atoms with Gasteiger partial charge in [-0.2, -0.15) is 0 Å². The van der Waals surface area contributed by atoms with Gasteiger partial charge in [0, 0.05) is 15.2 Å². The van der Waals surface area contributed by atoms with E-state index in [9.17, 15) is 14.4 Å². The average molecular weight is 445 g/mol. The number of rotatable bonds is 4. The second-order valence-electron chi connectivity index (χ2n) is 6.21. The van der Waals surface area contributed by atoms with E-state index in [0.717, 1.165) is 9.13 Å². The number of ketones is 2. The lowest BCUT2D eigenvalue weighted by molar-refractivity contribution is -0.132. The van der Waals surface area contributed by atoms with Crippen molar-refractivity contribution >= 4 is 40.1 Å². The van der Waals surface area contributed by atoms with Crippen LogP contribution in [0.4, 0.5) is 0 Å². The lowest BCUT2D eigenvalue weighted by Crippen LogP contribution is -2.36. The summed E-state index contributed by atoms with van der Waals surface area (Å²) in [5, 5.41) is 2.59. The molecule has 2 aromatic rings. The molecule has 2 aromatic carbocycles. The van der Waals surface area contributed by atoms with Crippen LogP contribution in [-0.2, 0) is 16.0 Å². The molecule has 0 heterocycles. The van der Waals surface area contributed by atoms with E-state index < -0.39 is 11.3 Å². The third kappa shape index (κ3) is 3.56. The average Bonchev–Trinajstić information content (AvgIpc) is 2.80. The zero-order chi connectivity index (χ0) is 18.0. The molecule has 0 spiro atoms. The number of carbonyl (C=O) groups is 3. The second-order valence-corrected chi connectivity index (χ2v) is 7.45. The van der Waals surface area contributed by atoms with Crippen molar-refractivity contribution in [2.24, 2.45) is 5.41 Å². The zero-order valence-corrected chi connectivity index (χ0v) is 15.7. The molecule has 25 heavy (non-hydrogen) atoms. The molecule has 0 fully saturated rings. The van der Waals surface area contributed by atoms with Crippen molar-refractivity contribution in [3.63, 3.8) is 0 Å². The van der Waals surface area contributed by atoms with Crippen LogP contribution >= 0.6 is 22.6 Å². The number of hydrogen-bond acceptors (Lipinski definition) is 3. The van der Waals surface area contributed by atoms with Gasteiger partial charge in [0.25, 0.3) is 5.91 Å². The normalized spacial score (nSPS) is 19.7. The molecular weight excluding hydrogens is 429 g/mol. The molecule has 1 aliphatic rings. The second kappa shape index (κ2) is 6.92. The molecule has 0 radical (unpaired) electrons. The summed E-state index contributed by atoms with van der Waals surface area (Å²) in [5.74, 6) is -1.02. The maximum atomic E-state index is 12.8. The van der Waals surface area contributed by atoms with Crippen LogP contribution in [0.25, 0.3) is 0 Å². The topological polar surface area (TPSA) is 63.2 Å². The Bertz CT molecular complexity index is 872. The maximum Gasteiger partial charge on any atom is 0.255 e. The Morgan fingerprint density at radius 1 is 1.04 bits per heavy atom. The van der Waals surface area contributed by atoms with E-state index in [1.807, 2.05) is 42.5 Å². The van der Waals surface area contributed by atoms with Gasteiger partial charge in [-0.05, 0) is 65.8 Å². The van der Waals surface area contributed by atoms with Crippen molar-refractivity contribution in [1.29, 1.82) is 0 Å². The number of Topliss-reactive ketones (excluding diaryl/α,β-unsaturated/α-hetero) is 1. The molecule has 5 heteroatoms. The zero-order valence-electron chi connectivity index (χ0n) is 13.6. The van der Waals surface area contributed by atoms with Gasteiger partial charge in [-0.3, -0.25) is 14.4 Å². The number of amides is 1. The molecular formula is C20H16INO3. The first-order valence-electron chi connectivity index (χ1n) is 7.82. The highest BCUT2D eigenvalue weighted by atomic mass is 127. The van der Waals surface area contributed by atoms with Gasteiger partial charge in [0.1, 0.15) is 0 Å². The standard InChI is InChI=1S/C20H16INO3/c1-20(12-13-5-3-2-4-6-13)17(23)11-16(18(20)24)22-19(25)14-7-9-15(21)10-8-14/h2-11H,12H2,1H3,(H,22,25)/t20-/m0/s1. The third-order valence-electron chi connectivity index (χ3n) is 4.32. The van der Waals surface area contributed by atoms with Crippen LogP contribution in [0.15, 0.2) is 66.4 Å². The Labute approximate surface area is 159 Å². The number of allylic oxidation sites excluding steroid dienone is 2. The van der Waals surface area contributed by atoms with Gasteiger partial charge in [0.2, 0.25) is 0 Å². The van der Waals surface area contributed by atoms with Gasteiger partial charge < -0.3 is 5.32 Å². The summed E-state index contributed by atoms with van der Waals surface area (Å²) in [6.45, 7) is 1.63. The lowest BCUT2D eigenvalue weighted by atomic mass is 9.79. The van der Waals surface area contributed by atoms with Crippen molar-refractivity contribution < 1.29 is 14.4 Å². The molecule has 0 unspecified atom stereocenters. The third-order valence-corrected chi connectivity index (χ3v) is 5.04. The molecule has 1 amide bonds. The molecule has 3 rings (SSSR count). The van der Waals surface area contributed by atoms with Crippen LogP contribution in [-0.4, -0.2) is 17.5 Å². The minimum Gasteiger partial charge on any atom is -0.319 e. The van der Waals surface area contributed by atoms with Crippen LogP contribution in [0.2, 0.25) is 0 Å². The minimum absolute atomic E-state index is 0.0620. The Morgan fingerprint density at radius 2 is 1.68 bits per heavy atom. The number of halogens is 1. The summed E-state index contributed by atoms with van der Waals surface area (Å²) in [5.41, 5.74) is 0.242. The molecule has 0 saturated heterocycles. The summed E-state index contributed by atoms with van der Waals surface area (Å²) in [4.78, 5) is 37.5. The fraction of sp³-hybridized carbons (Fsp3) is 0.150. The van der Waals surface area contributed by atoms with E-state index in [2.05, 4.69) is 27.9 Å². The summed E-state index contributed by atoms with van der Waals surface area (Å²) in [6, 6.07) is 16.4. The van der Waals surface area contributed by atoms with E-state index >= 15 is 0 Å². The number of nitrogens with one attached hydrogen (secondary N) is 1. The first kappa shape index (κ1) is 17.5. The molecule has 0 aromatic heterocycles. The van der Waals surface area contributed by atoms with Crippen LogP contribution < -0.4 is 5.32 Å². The molecule has 126 valence electrons. The molecule has 0 aliphatic heterocycles. The Balaban J connectivity index is 1.77. The van der Waals surface area contributed by atoms with Gasteiger partial charge in [0.15, 0.2) is 11.6 Å². The molecule has 4 nitrogen and oxygen atoms in total. The van der Waals surface area contributed by atoms with Gasteiger partial charge in [0.05, 0.1) is 11.1 Å². The maximum absolute atomic E-state index is 12.8. The smallest absolute Gasteiger partial charge is 0.255 e. The van der Waals surface area contributed by atoms with Gasteiger partial charge >= 0.3 is 0 Å². The van der Waals surface area contributed by atoms with Crippen LogP contribution in [0.1, 0.15) is 22.8 Å².